The molecule has 100 valence electrons. The number of nitrogens with two attached hydrogens (primary N) is 1. The SMILES string of the molecule is N#Cc1ccc(N2CCC(c3cccc(N)c3)C2)cc1. The molecule has 0 spiro atoms. The van der Waals surface area contributed by atoms with Gasteiger partial charge in [-0.15, -0.1) is 0 Å². The maximum absolute atomic E-state index is 8.84. The Morgan fingerprint density at radius 1 is 1.15 bits per heavy atom. The smallest absolute Gasteiger partial charge is 0.0991 e. The summed E-state index contributed by atoms with van der Waals surface area (Å²) in [5.41, 5.74) is 9.91. The molecule has 3 nitrogen and oxygen atoms in total. The van der Waals surface area contributed by atoms with Crippen LogP contribution in [0.5, 0.6) is 0 Å². The van der Waals surface area contributed by atoms with Gasteiger partial charge in [0.1, 0.15) is 0 Å². The lowest BCUT2D eigenvalue weighted by molar-refractivity contribution is 0.775. The minimum atomic E-state index is 0.536. The van der Waals surface area contributed by atoms with Crippen LogP contribution in [0.4, 0.5) is 11.4 Å². The van der Waals surface area contributed by atoms with Crippen LogP contribution in [0.15, 0.2) is 48.5 Å². The molecule has 0 aromatic heterocycles. The Balaban J connectivity index is 1.74. The monoisotopic (exact) mass is 263 g/mol. The second-order valence-electron chi connectivity index (χ2n) is 5.26. The second kappa shape index (κ2) is 5.26. The fourth-order valence-electron chi connectivity index (χ4n) is 2.83. The molecule has 1 heterocycles. The van der Waals surface area contributed by atoms with E-state index >= 15 is 0 Å². The van der Waals surface area contributed by atoms with Gasteiger partial charge >= 0.3 is 0 Å². The summed E-state index contributed by atoms with van der Waals surface area (Å²) in [7, 11) is 0. The third kappa shape index (κ3) is 2.46. The van der Waals surface area contributed by atoms with E-state index in [2.05, 4.69) is 23.1 Å². The van der Waals surface area contributed by atoms with Crippen molar-refractivity contribution in [3.8, 4) is 6.07 Å². The van der Waals surface area contributed by atoms with E-state index in [4.69, 9.17) is 11.0 Å². The first-order valence-electron chi connectivity index (χ1n) is 6.87. The Labute approximate surface area is 119 Å². The highest BCUT2D eigenvalue weighted by molar-refractivity contribution is 5.52. The van der Waals surface area contributed by atoms with Crippen molar-refractivity contribution in [3.63, 3.8) is 0 Å². The quantitative estimate of drug-likeness (QED) is 0.847. The van der Waals surface area contributed by atoms with Crippen molar-refractivity contribution in [1.29, 1.82) is 5.26 Å². The zero-order valence-corrected chi connectivity index (χ0v) is 11.3. The van der Waals surface area contributed by atoms with Gasteiger partial charge in [-0.2, -0.15) is 5.26 Å². The van der Waals surface area contributed by atoms with Crippen molar-refractivity contribution in [3.05, 3.63) is 59.7 Å². The predicted molar refractivity (Wildman–Crippen MR) is 81.6 cm³/mol. The van der Waals surface area contributed by atoms with Gasteiger partial charge in [-0.05, 0) is 48.4 Å². The molecular weight excluding hydrogens is 246 g/mol. The molecule has 2 N–H and O–H groups in total. The fraction of sp³-hybridized carbons (Fsp3) is 0.235. The number of nitrogen functional groups attached to an aromatic ring is 1. The van der Waals surface area contributed by atoms with Crippen LogP contribution in [0, 0.1) is 11.3 Å². The van der Waals surface area contributed by atoms with Gasteiger partial charge in [0.25, 0.3) is 0 Å². The number of hydrogen-bond acceptors (Lipinski definition) is 3. The number of hydrogen-bond donors (Lipinski definition) is 1. The normalized spacial score (nSPS) is 17.9. The molecule has 1 aliphatic rings. The van der Waals surface area contributed by atoms with Crippen LogP contribution < -0.4 is 10.6 Å². The van der Waals surface area contributed by atoms with Gasteiger partial charge in [-0.1, -0.05) is 12.1 Å². The molecule has 20 heavy (non-hydrogen) atoms. The summed E-state index contributed by atoms with van der Waals surface area (Å²) in [6, 6.07) is 18.1. The van der Waals surface area contributed by atoms with Crippen LogP contribution in [0.2, 0.25) is 0 Å². The van der Waals surface area contributed by atoms with E-state index < -0.39 is 0 Å². The Bertz CT molecular complexity index is 640. The highest BCUT2D eigenvalue weighted by atomic mass is 15.1. The lowest BCUT2D eigenvalue weighted by atomic mass is 9.98. The minimum absolute atomic E-state index is 0.536. The van der Waals surface area contributed by atoms with Gasteiger partial charge in [0.05, 0.1) is 11.6 Å². The third-order valence-corrected chi connectivity index (χ3v) is 3.93. The number of benzene rings is 2. The standard InChI is InChI=1S/C17H17N3/c18-11-13-4-6-17(7-5-13)20-9-8-15(12-20)14-2-1-3-16(19)10-14/h1-7,10,15H,8-9,12,19H2. The van der Waals surface area contributed by atoms with Crippen LogP contribution >= 0.6 is 0 Å². The molecule has 1 aliphatic heterocycles. The molecule has 3 heteroatoms. The zero-order valence-electron chi connectivity index (χ0n) is 11.3. The summed E-state index contributed by atoms with van der Waals surface area (Å²) in [6.07, 6.45) is 1.14. The van der Waals surface area contributed by atoms with E-state index in [1.807, 2.05) is 36.4 Å². The summed E-state index contributed by atoms with van der Waals surface area (Å²) in [4.78, 5) is 2.37. The molecule has 0 saturated carbocycles. The van der Waals surface area contributed by atoms with E-state index in [0.717, 1.165) is 25.2 Å². The molecule has 2 aromatic rings. The van der Waals surface area contributed by atoms with Crippen molar-refractivity contribution in [1.82, 2.24) is 0 Å². The molecule has 1 atom stereocenters. The first kappa shape index (κ1) is 12.6. The Hall–Kier alpha value is -2.47. The summed E-state index contributed by atoms with van der Waals surface area (Å²) < 4.78 is 0. The number of nitriles is 1. The largest absolute Gasteiger partial charge is 0.399 e. The molecule has 1 saturated heterocycles. The van der Waals surface area contributed by atoms with Gasteiger partial charge in [0.2, 0.25) is 0 Å². The van der Waals surface area contributed by atoms with E-state index in [-0.39, 0.29) is 0 Å². The van der Waals surface area contributed by atoms with Crippen LogP contribution in [0.25, 0.3) is 0 Å². The molecule has 1 unspecified atom stereocenters. The van der Waals surface area contributed by atoms with Crippen molar-refractivity contribution < 1.29 is 0 Å². The highest BCUT2D eigenvalue weighted by Crippen LogP contribution is 2.31. The fourth-order valence-corrected chi connectivity index (χ4v) is 2.83. The van der Waals surface area contributed by atoms with E-state index in [1.165, 1.54) is 11.3 Å². The highest BCUT2D eigenvalue weighted by Gasteiger charge is 2.24. The van der Waals surface area contributed by atoms with Gasteiger partial charge in [0, 0.05) is 30.4 Å². The summed E-state index contributed by atoms with van der Waals surface area (Å²) in [6.45, 7) is 2.06. The first-order valence-corrected chi connectivity index (χ1v) is 6.87. The maximum Gasteiger partial charge on any atom is 0.0991 e. The lowest BCUT2D eigenvalue weighted by Gasteiger charge is -2.19. The van der Waals surface area contributed by atoms with Gasteiger partial charge < -0.3 is 10.6 Å². The number of anilines is 2. The zero-order chi connectivity index (χ0) is 13.9. The Kier molecular flexibility index (Phi) is 3.30. The molecule has 0 bridgehead atoms. The first-order chi connectivity index (χ1) is 9.76. The average molecular weight is 263 g/mol. The Morgan fingerprint density at radius 3 is 2.65 bits per heavy atom. The molecule has 0 aliphatic carbocycles. The molecule has 2 aromatic carbocycles. The molecule has 0 amide bonds. The minimum Gasteiger partial charge on any atom is -0.399 e. The number of nitrogens with zero attached hydrogens (tertiary/aromatic N) is 2. The number of rotatable bonds is 2. The summed E-state index contributed by atoms with van der Waals surface area (Å²) in [5, 5.41) is 8.84. The average Bonchev–Trinajstić information content (AvgIpc) is 2.97. The van der Waals surface area contributed by atoms with Gasteiger partial charge in [-0.25, -0.2) is 0 Å². The summed E-state index contributed by atoms with van der Waals surface area (Å²) >= 11 is 0. The van der Waals surface area contributed by atoms with E-state index in [9.17, 15) is 0 Å². The Morgan fingerprint density at radius 2 is 1.95 bits per heavy atom. The topological polar surface area (TPSA) is 53.0 Å². The van der Waals surface area contributed by atoms with Crippen LogP contribution in [-0.4, -0.2) is 13.1 Å². The molecule has 1 fully saturated rings. The van der Waals surface area contributed by atoms with Gasteiger partial charge in [-0.3, -0.25) is 0 Å². The summed E-state index contributed by atoms with van der Waals surface area (Å²) in [5.74, 6) is 0.536. The molecule has 3 rings (SSSR count). The van der Waals surface area contributed by atoms with E-state index in [1.54, 1.807) is 0 Å². The van der Waals surface area contributed by atoms with E-state index in [0.29, 0.717) is 11.5 Å². The van der Waals surface area contributed by atoms with Gasteiger partial charge in [0.15, 0.2) is 0 Å². The lowest BCUT2D eigenvalue weighted by Crippen LogP contribution is -2.19. The predicted octanol–water partition coefficient (Wildman–Crippen LogP) is 3.13. The second-order valence-corrected chi connectivity index (χ2v) is 5.26. The van der Waals surface area contributed by atoms with Crippen LogP contribution in [0.1, 0.15) is 23.5 Å². The van der Waals surface area contributed by atoms with Crippen molar-refractivity contribution in [2.75, 3.05) is 23.7 Å². The van der Waals surface area contributed by atoms with Crippen molar-refractivity contribution in [2.45, 2.75) is 12.3 Å². The van der Waals surface area contributed by atoms with Crippen molar-refractivity contribution >= 4 is 11.4 Å². The van der Waals surface area contributed by atoms with Crippen LogP contribution in [-0.2, 0) is 0 Å². The maximum atomic E-state index is 8.84. The third-order valence-electron chi connectivity index (χ3n) is 3.93. The molecule has 0 radical (unpaired) electrons. The van der Waals surface area contributed by atoms with Crippen LogP contribution in [0.3, 0.4) is 0 Å². The van der Waals surface area contributed by atoms with Crippen molar-refractivity contribution in [2.24, 2.45) is 0 Å². The molecular formula is C17H17N3.